The summed E-state index contributed by atoms with van der Waals surface area (Å²) in [5.41, 5.74) is 4.27. The van der Waals surface area contributed by atoms with Crippen molar-refractivity contribution in [1.29, 1.82) is 0 Å². The second kappa shape index (κ2) is 10.1. The average Bonchev–Trinajstić information content (AvgIpc) is 2.77. The number of nitrogens with one attached hydrogen (secondary N) is 3. The zero-order valence-corrected chi connectivity index (χ0v) is 16.4. The standard InChI is InChI=1S/C21H22N4O5/c1-2-29-16-10-5-6-11-17(16)30-13-7-12-18(26)22-25-21(28)19-14-8-3-4-9-15(14)20(27)24-23-19/h3-6,8-11H,2,7,12-13H2,1H3,(H,22,26)(H,24,27)(H,25,28). The molecule has 0 aliphatic carbocycles. The molecule has 0 radical (unpaired) electrons. The maximum absolute atomic E-state index is 12.3. The van der Waals surface area contributed by atoms with Crippen molar-refractivity contribution < 1.29 is 19.1 Å². The van der Waals surface area contributed by atoms with Crippen LogP contribution in [0.1, 0.15) is 30.3 Å². The first-order valence-corrected chi connectivity index (χ1v) is 9.51. The van der Waals surface area contributed by atoms with Gasteiger partial charge in [0, 0.05) is 11.8 Å². The van der Waals surface area contributed by atoms with Crippen LogP contribution in [0.2, 0.25) is 0 Å². The molecule has 2 aromatic carbocycles. The third-order valence-electron chi connectivity index (χ3n) is 4.18. The van der Waals surface area contributed by atoms with Gasteiger partial charge in [-0.3, -0.25) is 25.2 Å². The largest absolute Gasteiger partial charge is 0.490 e. The predicted octanol–water partition coefficient (Wildman–Crippen LogP) is 1.94. The van der Waals surface area contributed by atoms with E-state index in [4.69, 9.17) is 9.47 Å². The van der Waals surface area contributed by atoms with Crippen LogP contribution < -0.4 is 25.9 Å². The molecule has 0 atom stereocenters. The number of fused-ring (bicyclic) bond motifs is 1. The third kappa shape index (κ3) is 5.13. The third-order valence-corrected chi connectivity index (χ3v) is 4.18. The number of nitrogens with zero attached hydrogens (tertiary/aromatic N) is 1. The van der Waals surface area contributed by atoms with Gasteiger partial charge in [0.25, 0.3) is 11.5 Å². The number of hydrazine groups is 1. The minimum absolute atomic E-state index is 0.0152. The van der Waals surface area contributed by atoms with Gasteiger partial charge in [0.05, 0.1) is 18.6 Å². The summed E-state index contributed by atoms with van der Waals surface area (Å²) in [5, 5.41) is 6.80. The molecule has 0 spiro atoms. The Bertz CT molecular complexity index is 1100. The van der Waals surface area contributed by atoms with Gasteiger partial charge in [-0.25, -0.2) is 5.10 Å². The highest BCUT2D eigenvalue weighted by Gasteiger charge is 2.14. The number of ether oxygens (including phenoxy) is 2. The number of aromatic amines is 1. The van der Waals surface area contributed by atoms with Gasteiger partial charge in [-0.2, -0.15) is 5.10 Å². The molecule has 3 aromatic rings. The molecule has 2 amide bonds. The summed E-state index contributed by atoms with van der Waals surface area (Å²) in [6.45, 7) is 2.74. The highest BCUT2D eigenvalue weighted by Crippen LogP contribution is 2.26. The number of benzene rings is 2. The Morgan fingerprint density at radius 3 is 2.37 bits per heavy atom. The summed E-state index contributed by atoms with van der Waals surface area (Å²) in [5.74, 6) is 0.262. The zero-order chi connectivity index (χ0) is 21.3. The lowest BCUT2D eigenvalue weighted by Crippen LogP contribution is -2.42. The van der Waals surface area contributed by atoms with Crippen LogP contribution in [0, 0.1) is 0 Å². The lowest BCUT2D eigenvalue weighted by molar-refractivity contribution is -0.122. The molecule has 0 aliphatic heterocycles. The van der Waals surface area contributed by atoms with Gasteiger partial charge in [0.1, 0.15) is 0 Å². The molecular weight excluding hydrogens is 388 g/mol. The monoisotopic (exact) mass is 410 g/mol. The number of hydrogen-bond acceptors (Lipinski definition) is 6. The lowest BCUT2D eigenvalue weighted by Gasteiger charge is -2.11. The van der Waals surface area contributed by atoms with Crippen molar-refractivity contribution in [3.8, 4) is 11.5 Å². The fourth-order valence-corrected chi connectivity index (χ4v) is 2.80. The Kier molecular flexibility index (Phi) is 6.99. The first kappa shape index (κ1) is 20.8. The molecule has 0 aliphatic rings. The minimum atomic E-state index is -0.627. The molecule has 9 heteroatoms. The molecule has 156 valence electrons. The van der Waals surface area contributed by atoms with E-state index in [-0.39, 0.29) is 18.0 Å². The van der Waals surface area contributed by atoms with E-state index in [0.717, 1.165) is 0 Å². The molecule has 0 bridgehead atoms. The van der Waals surface area contributed by atoms with E-state index in [2.05, 4.69) is 21.0 Å². The van der Waals surface area contributed by atoms with E-state index < -0.39 is 11.5 Å². The second-order valence-electron chi connectivity index (χ2n) is 6.28. The highest BCUT2D eigenvalue weighted by molar-refractivity contribution is 6.05. The smallest absolute Gasteiger partial charge is 0.290 e. The number of carbonyl (C=O) groups excluding carboxylic acids is 2. The fourth-order valence-electron chi connectivity index (χ4n) is 2.80. The van der Waals surface area contributed by atoms with Crippen molar-refractivity contribution in [3.63, 3.8) is 0 Å². The summed E-state index contributed by atoms with van der Waals surface area (Å²) in [7, 11) is 0. The van der Waals surface area contributed by atoms with Gasteiger partial charge in [-0.1, -0.05) is 30.3 Å². The van der Waals surface area contributed by atoms with Crippen LogP contribution in [0.15, 0.2) is 53.3 Å². The molecule has 0 saturated heterocycles. The predicted molar refractivity (Wildman–Crippen MR) is 110 cm³/mol. The van der Waals surface area contributed by atoms with E-state index in [1.165, 1.54) is 0 Å². The number of H-pyrrole nitrogens is 1. The van der Waals surface area contributed by atoms with Crippen LogP contribution in [0.25, 0.3) is 10.8 Å². The number of aromatic nitrogens is 2. The topological polar surface area (TPSA) is 122 Å². The van der Waals surface area contributed by atoms with Gasteiger partial charge >= 0.3 is 0 Å². The molecule has 0 fully saturated rings. The van der Waals surface area contributed by atoms with Crippen molar-refractivity contribution in [2.24, 2.45) is 0 Å². The van der Waals surface area contributed by atoms with Crippen LogP contribution in [0.5, 0.6) is 11.5 Å². The second-order valence-corrected chi connectivity index (χ2v) is 6.28. The quantitative estimate of drug-likeness (QED) is 0.385. The van der Waals surface area contributed by atoms with Gasteiger partial charge < -0.3 is 9.47 Å². The number of para-hydroxylation sites is 2. The van der Waals surface area contributed by atoms with Gasteiger partial charge in [0.15, 0.2) is 17.2 Å². The highest BCUT2D eigenvalue weighted by atomic mass is 16.5. The Morgan fingerprint density at radius 1 is 0.967 bits per heavy atom. The van der Waals surface area contributed by atoms with Crippen molar-refractivity contribution in [1.82, 2.24) is 21.0 Å². The molecule has 3 rings (SSSR count). The van der Waals surface area contributed by atoms with E-state index in [1.807, 2.05) is 25.1 Å². The normalized spacial score (nSPS) is 10.4. The van der Waals surface area contributed by atoms with Crippen molar-refractivity contribution in [2.45, 2.75) is 19.8 Å². The van der Waals surface area contributed by atoms with Gasteiger partial charge in [-0.15, -0.1) is 0 Å². The van der Waals surface area contributed by atoms with Gasteiger partial charge in [-0.05, 0) is 31.5 Å². The molecule has 0 saturated carbocycles. The number of rotatable bonds is 8. The maximum Gasteiger partial charge on any atom is 0.290 e. The molecule has 3 N–H and O–H groups in total. The average molecular weight is 410 g/mol. The molecule has 9 nitrogen and oxygen atoms in total. The minimum Gasteiger partial charge on any atom is -0.490 e. The summed E-state index contributed by atoms with van der Waals surface area (Å²) in [6, 6.07) is 13.9. The maximum atomic E-state index is 12.3. The first-order chi connectivity index (χ1) is 14.6. The molecule has 0 unspecified atom stereocenters. The Balaban J connectivity index is 1.47. The number of hydrogen-bond donors (Lipinski definition) is 3. The van der Waals surface area contributed by atoms with E-state index in [1.54, 1.807) is 30.3 Å². The van der Waals surface area contributed by atoms with Crippen molar-refractivity contribution >= 4 is 22.6 Å². The summed E-state index contributed by atoms with van der Waals surface area (Å²) in [6.07, 6.45) is 0.596. The first-order valence-electron chi connectivity index (χ1n) is 9.51. The Hall–Kier alpha value is -3.88. The lowest BCUT2D eigenvalue weighted by atomic mass is 10.1. The number of carbonyl (C=O) groups is 2. The molecular formula is C21H22N4O5. The van der Waals surface area contributed by atoms with E-state index >= 15 is 0 Å². The van der Waals surface area contributed by atoms with E-state index in [0.29, 0.717) is 41.9 Å². The van der Waals surface area contributed by atoms with Crippen molar-refractivity contribution in [2.75, 3.05) is 13.2 Å². The van der Waals surface area contributed by atoms with Crippen LogP contribution >= 0.6 is 0 Å². The Morgan fingerprint density at radius 2 is 1.63 bits per heavy atom. The fraction of sp³-hybridized carbons (Fsp3) is 0.238. The number of amides is 2. The summed E-state index contributed by atoms with van der Waals surface area (Å²) >= 11 is 0. The summed E-state index contributed by atoms with van der Waals surface area (Å²) < 4.78 is 11.1. The summed E-state index contributed by atoms with van der Waals surface area (Å²) in [4.78, 5) is 36.1. The van der Waals surface area contributed by atoms with Crippen LogP contribution in [0.4, 0.5) is 0 Å². The molecule has 1 aromatic heterocycles. The SMILES string of the molecule is CCOc1ccccc1OCCCC(=O)NNC(=O)c1n[nH]c(=O)c2ccccc12. The molecule has 30 heavy (non-hydrogen) atoms. The van der Waals surface area contributed by atoms with Crippen molar-refractivity contribution in [3.05, 3.63) is 64.6 Å². The van der Waals surface area contributed by atoms with Crippen LogP contribution in [-0.4, -0.2) is 35.2 Å². The van der Waals surface area contributed by atoms with Crippen LogP contribution in [0.3, 0.4) is 0 Å². The van der Waals surface area contributed by atoms with E-state index in [9.17, 15) is 14.4 Å². The van der Waals surface area contributed by atoms with Gasteiger partial charge in [0.2, 0.25) is 5.91 Å². The van der Waals surface area contributed by atoms with Crippen LogP contribution in [-0.2, 0) is 4.79 Å². The molecule has 1 heterocycles. The zero-order valence-electron chi connectivity index (χ0n) is 16.4. The Labute approximate surface area is 172 Å².